The third kappa shape index (κ3) is 12.2. The summed E-state index contributed by atoms with van der Waals surface area (Å²) >= 11 is 0. The number of nitrogens with two attached hydrogens (primary N) is 1. The van der Waals surface area contributed by atoms with E-state index in [0.29, 0.717) is 30.4 Å². The first-order valence-corrected chi connectivity index (χ1v) is 19.4. The minimum atomic E-state index is -2.02. The minimum Gasteiger partial charge on any atom is -0.481 e. The van der Waals surface area contributed by atoms with E-state index in [-0.39, 0.29) is 38.4 Å². The number of amides is 3. The first-order valence-electron chi connectivity index (χ1n) is 19.4. The minimum absolute atomic E-state index is 0.0589. The van der Waals surface area contributed by atoms with E-state index in [0.717, 1.165) is 26.8 Å². The number of nitrogens with zero attached hydrogens (tertiary/aromatic N) is 1. The van der Waals surface area contributed by atoms with Gasteiger partial charge < -0.3 is 36.2 Å². The van der Waals surface area contributed by atoms with Crippen LogP contribution in [0.5, 0.6) is 0 Å². The third-order valence-electron chi connectivity index (χ3n) is 10.1. The Morgan fingerprint density at radius 2 is 1.31 bits per heavy atom. The molecule has 12 nitrogen and oxygen atoms in total. The van der Waals surface area contributed by atoms with Gasteiger partial charge in [0.2, 0.25) is 5.91 Å². The molecule has 0 aliphatic heterocycles. The van der Waals surface area contributed by atoms with Crippen molar-refractivity contribution in [3.63, 3.8) is 0 Å². The Labute approximate surface area is 338 Å². The van der Waals surface area contributed by atoms with Crippen molar-refractivity contribution < 1.29 is 38.9 Å². The Hall–Kier alpha value is -6.53. The van der Waals surface area contributed by atoms with Crippen molar-refractivity contribution in [2.45, 2.75) is 75.7 Å². The summed E-state index contributed by atoms with van der Waals surface area (Å²) in [5, 5.41) is 28.4. The lowest BCUT2D eigenvalue weighted by atomic mass is 9.84. The fraction of sp³-hybridized carbons (Fsp3) is 0.283. The molecule has 0 unspecified atom stereocenters. The second-order valence-electron chi connectivity index (χ2n) is 14.3. The number of ether oxygens (including phenoxy) is 1. The highest BCUT2D eigenvalue weighted by atomic mass is 16.5. The Morgan fingerprint density at radius 1 is 0.707 bits per heavy atom. The largest absolute Gasteiger partial charge is 0.481 e. The predicted molar refractivity (Wildman–Crippen MR) is 220 cm³/mol. The van der Waals surface area contributed by atoms with Gasteiger partial charge in [-0.15, -0.1) is 0 Å². The van der Waals surface area contributed by atoms with Crippen LogP contribution < -0.4 is 16.4 Å². The van der Waals surface area contributed by atoms with E-state index in [9.17, 15) is 34.2 Å². The molecule has 0 radical (unpaired) electrons. The fourth-order valence-corrected chi connectivity index (χ4v) is 6.88. The van der Waals surface area contributed by atoms with Gasteiger partial charge in [0.05, 0.1) is 6.04 Å². The number of carboxylic acids is 2. The van der Waals surface area contributed by atoms with Crippen LogP contribution in [0.3, 0.4) is 0 Å². The lowest BCUT2D eigenvalue weighted by molar-refractivity contribution is -0.151. The number of benzene rings is 5. The molecule has 6 N–H and O–H groups in total. The second kappa shape index (κ2) is 21.1. The second-order valence-corrected chi connectivity index (χ2v) is 14.3. The van der Waals surface area contributed by atoms with Crippen molar-refractivity contribution in [3.8, 4) is 0 Å². The molecular formula is C46H50N4O8. The molecular weight excluding hydrogens is 737 g/mol. The summed E-state index contributed by atoms with van der Waals surface area (Å²) in [6.07, 6.45) is 0.139. The van der Waals surface area contributed by atoms with Gasteiger partial charge in [0.1, 0.15) is 18.2 Å². The molecule has 0 saturated heterocycles. The lowest BCUT2D eigenvalue weighted by Gasteiger charge is -2.41. The van der Waals surface area contributed by atoms with Crippen molar-refractivity contribution in [1.82, 2.24) is 15.5 Å². The van der Waals surface area contributed by atoms with Crippen LogP contribution in [0.4, 0.5) is 4.79 Å². The number of esters is 1. The number of hydrogen-bond donors (Lipinski definition) is 5. The molecule has 5 aromatic carbocycles. The van der Waals surface area contributed by atoms with Crippen LogP contribution in [0.15, 0.2) is 133 Å². The summed E-state index contributed by atoms with van der Waals surface area (Å²) < 4.78 is 5.65. The van der Waals surface area contributed by atoms with Gasteiger partial charge in [0.25, 0.3) is 0 Å². The van der Waals surface area contributed by atoms with Gasteiger partial charge in [0, 0.05) is 25.9 Å². The van der Waals surface area contributed by atoms with E-state index in [4.69, 9.17) is 10.5 Å². The number of carbonyl (C=O) groups excluding carboxylic acids is 3. The molecule has 3 amide bonds. The van der Waals surface area contributed by atoms with E-state index >= 15 is 0 Å². The topological polar surface area (TPSA) is 188 Å². The van der Waals surface area contributed by atoms with Gasteiger partial charge in [-0.25, -0.2) is 14.4 Å². The molecule has 0 aliphatic rings. The van der Waals surface area contributed by atoms with E-state index in [1.54, 1.807) is 84.9 Å². The zero-order valence-electron chi connectivity index (χ0n) is 32.3. The van der Waals surface area contributed by atoms with E-state index < -0.39 is 54.4 Å². The molecule has 302 valence electrons. The van der Waals surface area contributed by atoms with Crippen LogP contribution in [-0.2, 0) is 49.9 Å². The lowest BCUT2D eigenvalue weighted by Crippen LogP contribution is -2.62. The number of rotatable bonds is 21. The van der Waals surface area contributed by atoms with E-state index in [2.05, 4.69) is 10.6 Å². The van der Waals surface area contributed by atoms with Crippen LogP contribution in [0.2, 0.25) is 0 Å². The van der Waals surface area contributed by atoms with Gasteiger partial charge in [-0.05, 0) is 65.1 Å². The molecule has 0 heterocycles. The van der Waals surface area contributed by atoms with Gasteiger partial charge >= 0.3 is 23.9 Å². The average Bonchev–Trinajstić information content (AvgIpc) is 3.23. The maximum atomic E-state index is 14.5. The highest BCUT2D eigenvalue weighted by Gasteiger charge is 2.47. The smallest absolute Gasteiger partial charge is 0.330 e. The molecule has 0 spiro atoms. The van der Waals surface area contributed by atoms with Crippen molar-refractivity contribution in [3.05, 3.63) is 156 Å². The summed E-state index contributed by atoms with van der Waals surface area (Å²) in [4.78, 5) is 67.6. The zero-order chi connectivity index (χ0) is 41.3. The normalized spacial score (nSPS) is 13.1. The number of carbonyl (C=O) groups is 5. The standard InChI is InChI=1S/C46H50N4O8/c47-39(29-36-23-24-37-20-10-11-21-38(37)28-36)42(53)48-27-13-12-22-40(43(54)58-32-35-18-8-3-9-19-35)49-45(57)50(31-34-16-6-2-7-17-34)46(44(55)56,26-25-41(51)52)30-33-14-4-1-5-15-33/h1-11,14-21,23-24,28,39-40H,12-13,22,25-27,29-32,47H2,(H,48,53)(H,49,57)(H,51,52)(H,55,56)/t39-,40+,46-/m1/s1. The van der Waals surface area contributed by atoms with Crippen LogP contribution >= 0.6 is 0 Å². The van der Waals surface area contributed by atoms with Crippen molar-refractivity contribution in [2.75, 3.05) is 6.54 Å². The van der Waals surface area contributed by atoms with Crippen LogP contribution in [0, 0.1) is 0 Å². The number of carboxylic acid groups (broad SMARTS) is 2. The van der Waals surface area contributed by atoms with E-state index in [1.165, 1.54) is 0 Å². The summed E-state index contributed by atoms with van der Waals surface area (Å²) in [5.74, 6) is -3.65. The molecule has 0 aromatic heterocycles. The van der Waals surface area contributed by atoms with Crippen LogP contribution in [-0.4, -0.2) is 69.1 Å². The summed E-state index contributed by atoms with van der Waals surface area (Å²) in [5.41, 5.74) is 7.09. The van der Waals surface area contributed by atoms with Crippen molar-refractivity contribution in [2.24, 2.45) is 5.73 Å². The molecule has 3 atom stereocenters. The predicted octanol–water partition coefficient (Wildman–Crippen LogP) is 6.25. The van der Waals surface area contributed by atoms with Gasteiger partial charge in [0.15, 0.2) is 0 Å². The summed E-state index contributed by atoms with van der Waals surface area (Å²) in [6.45, 7) is 0.0117. The van der Waals surface area contributed by atoms with Crippen molar-refractivity contribution >= 4 is 40.6 Å². The molecule has 58 heavy (non-hydrogen) atoms. The molecule has 0 bridgehead atoms. The number of aliphatic carboxylic acids is 2. The number of urea groups is 1. The fourth-order valence-electron chi connectivity index (χ4n) is 6.88. The Bertz CT molecular complexity index is 2130. The van der Waals surface area contributed by atoms with Gasteiger partial charge in [-0.1, -0.05) is 133 Å². The number of unbranched alkanes of at least 4 members (excludes halogenated alkanes) is 1. The maximum Gasteiger partial charge on any atom is 0.330 e. The molecule has 0 saturated carbocycles. The zero-order valence-corrected chi connectivity index (χ0v) is 32.3. The Morgan fingerprint density at radius 3 is 1.95 bits per heavy atom. The van der Waals surface area contributed by atoms with Gasteiger partial charge in [-0.2, -0.15) is 0 Å². The Balaban J connectivity index is 1.31. The number of hydrogen-bond acceptors (Lipinski definition) is 7. The highest BCUT2D eigenvalue weighted by molar-refractivity contribution is 5.90. The SMILES string of the molecule is N[C@H](Cc1ccc2ccccc2c1)C(=O)NCCCC[C@H](NC(=O)N(Cc1ccccc1)[C@](CCC(=O)O)(Cc1ccccc1)C(=O)O)C(=O)OCc1ccccc1. The highest BCUT2D eigenvalue weighted by Crippen LogP contribution is 2.30. The molecule has 12 heteroatoms. The number of fused-ring (bicyclic) bond motifs is 1. The number of nitrogens with one attached hydrogen (secondary N) is 2. The first kappa shape index (κ1) is 42.6. The first-order chi connectivity index (χ1) is 28.0. The molecule has 5 aromatic rings. The van der Waals surface area contributed by atoms with Crippen LogP contribution in [0.1, 0.15) is 54.4 Å². The summed E-state index contributed by atoms with van der Waals surface area (Å²) in [6, 6.07) is 37.5. The van der Waals surface area contributed by atoms with Crippen LogP contribution in [0.25, 0.3) is 10.8 Å². The Kier molecular flexibility index (Phi) is 15.5. The quantitative estimate of drug-likeness (QED) is 0.0423. The molecule has 0 fully saturated rings. The summed E-state index contributed by atoms with van der Waals surface area (Å²) in [7, 11) is 0. The van der Waals surface area contributed by atoms with E-state index in [1.807, 2.05) is 48.5 Å². The third-order valence-corrected chi connectivity index (χ3v) is 10.1. The molecule has 5 rings (SSSR count). The average molecular weight is 787 g/mol. The molecule has 0 aliphatic carbocycles. The maximum absolute atomic E-state index is 14.5. The van der Waals surface area contributed by atoms with Crippen molar-refractivity contribution in [1.29, 1.82) is 0 Å². The van der Waals surface area contributed by atoms with Gasteiger partial charge in [-0.3, -0.25) is 9.59 Å². The monoisotopic (exact) mass is 786 g/mol.